The lowest BCUT2D eigenvalue weighted by Crippen LogP contribution is -2.33. The number of halogens is 2. The maximum Gasteiger partial charge on any atom is 0.226 e. The summed E-state index contributed by atoms with van der Waals surface area (Å²) in [4.78, 5) is 19.2. The van der Waals surface area contributed by atoms with Crippen LogP contribution in [0, 0.1) is 11.6 Å². The van der Waals surface area contributed by atoms with Crippen LogP contribution in [0.2, 0.25) is 0 Å². The number of aromatic nitrogens is 2. The molecule has 1 aliphatic heterocycles. The molecule has 2 aromatic carbocycles. The van der Waals surface area contributed by atoms with Gasteiger partial charge in [0, 0.05) is 42.4 Å². The first kappa shape index (κ1) is 23.6. The molecular formula is C27H23F2N5OS. The average Bonchev–Trinajstić information content (AvgIpc) is 3.49. The molecule has 0 aliphatic carbocycles. The Morgan fingerprint density at radius 3 is 2.58 bits per heavy atom. The SMILES string of the molecule is O=C(CCN1C(=S)N[C@H](c2ccccn2)[C@H]1c1cccn1-c1cccc(F)c1)Nc1ccc(F)cc1. The van der Waals surface area contributed by atoms with Crippen molar-refractivity contribution in [2.45, 2.75) is 18.5 Å². The monoisotopic (exact) mass is 503 g/mol. The summed E-state index contributed by atoms with van der Waals surface area (Å²) in [5.74, 6) is -0.918. The highest BCUT2D eigenvalue weighted by Crippen LogP contribution is 2.39. The Kier molecular flexibility index (Phi) is 6.73. The molecule has 2 atom stereocenters. The largest absolute Gasteiger partial charge is 0.352 e. The molecule has 1 aliphatic rings. The highest BCUT2D eigenvalue weighted by Gasteiger charge is 2.41. The van der Waals surface area contributed by atoms with Gasteiger partial charge in [-0.2, -0.15) is 0 Å². The van der Waals surface area contributed by atoms with E-state index in [0.29, 0.717) is 23.0 Å². The van der Waals surface area contributed by atoms with Crippen molar-refractivity contribution in [2.24, 2.45) is 0 Å². The number of rotatable bonds is 7. The van der Waals surface area contributed by atoms with Gasteiger partial charge in [-0.25, -0.2) is 8.78 Å². The predicted molar refractivity (Wildman–Crippen MR) is 138 cm³/mol. The number of benzene rings is 2. The van der Waals surface area contributed by atoms with E-state index in [1.54, 1.807) is 12.3 Å². The number of anilines is 1. The molecule has 1 fully saturated rings. The minimum atomic E-state index is -0.369. The van der Waals surface area contributed by atoms with Crippen molar-refractivity contribution in [1.29, 1.82) is 0 Å². The summed E-state index contributed by atoms with van der Waals surface area (Å²) in [5.41, 5.74) is 2.88. The van der Waals surface area contributed by atoms with Gasteiger partial charge in [-0.15, -0.1) is 0 Å². The zero-order chi connectivity index (χ0) is 25.1. The van der Waals surface area contributed by atoms with Crippen molar-refractivity contribution in [3.63, 3.8) is 0 Å². The number of hydrogen-bond acceptors (Lipinski definition) is 3. The molecule has 1 amide bonds. The van der Waals surface area contributed by atoms with Gasteiger partial charge in [0.2, 0.25) is 5.91 Å². The Labute approximate surface area is 212 Å². The summed E-state index contributed by atoms with van der Waals surface area (Å²) in [6.45, 7) is 0.335. The van der Waals surface area contributed by atoms with E-state index in [1.165, 1.54) is 36.4 Å². The lowest BCUT2D eigenvalue weighted by Gasteiger charge is -2.28. The Balaban J connectivity index is 1.44. The average molecular weight is 504 g/mol. The standard InChI is InChI=1S/C27H23F2N5OS/c28-18-9-11-20(12-10-18)31-24(35)13-16-34-26(25(32-27(34)36)22-7-1-2-14-30-22)23-8-4-15-33(23)21-6-3-5-19(29)17-21/h1-12,14-15,17,25-26H,13,16H2,(H,31,35)(H,32,36)/t25-,26-/m1/s1. The maximum absolute atomic E-state index is 14.0. The fourth-order valence-electron chi connectivity index (χ4n) is 4.44. The lowest BCUT2D eigenvalue weighted by molar-refractivity contribution is -0.116. The van der Waals surface area contributed by atoms with Crippen LogP contribution in [0.15, 0.2) is 91.3 Å². The fourth-order valence-corrected chi connectivity index (χ4v) is 4.77. The van der Waals surface area contributed by atoms with Gasteiger partial charge in [0.15, 0.2) is 5.11 Å². The lowest BCUT2D eigenvalue weighted by atomic mass is 10.0. The van der Waals surface area contributed by atoms with Crippen LogP contribution in [-0.2, 0) is 4.79 Å². The number of nitrogens with one attached hydrogen (secondary N) is 2. The van der Waals surface area contributed by atoms with E-state index in [2.05, 4.69) is 15.6 Å². The molecule has 0 spiro atoms. The molecule has 3 heterocycles. The second-order valence-electron chi connectivity index (χ2n) is 8.41. The zero-order valence-electron chi connectivity index (χ0n) is 19.1. The summed E-state index contributed by atoms with van der Waals surface area (Å²) < 4.78 is 29.1. The van der Waals surface area contributed by atoms with Crippen LogP contribution >= 0.6 is 12.2 Å². The summed E-state index contributed by atoms with van der Waals surface area (Å²) in [6, 6.07) is 21.0. The van der Waals surface area contributed by atoms with Gasteiger partial charge in [-0.05, 0) is 78.9 Å². The van der Waals surface area contributed by atoms with Crippen molar-refractivity contribution in [2.75, 3.05) is 11.9 Å². The molecule has 36 heavy (non-hydrogen) atoms. The molecule has 5 rings (SSSR count). The number of hydrogen-bond donors (Lipinski definition) is 2. The zero-order valence-corrected chi connectivity index (χ0v) is 20.0. The molecule has 4 aromatic rings. The third kappa shape index (κ3) is 4.96. The molecular weight excluding hydrogens is 480 g/mol. The molecule has 182 valence electrons. The highest BCUT2D eigenvalue weighted by molar-refractivity contribution is 7.80. The third-order valence-corrected chi connectivity index (χ3v) is 6.43. The Hall–Kier alpha value is -4.11. The second-order valence-corrected chi connectivity index (χ2v) is 8.79. The molecule has 2 aromatic heterocycles. The highest BCUT2D eigenvalue weighted by atomic mass is 32.1. The van der Waals surface area contributed by atoms with E-state index in [-0.39, 0.29) is 36.0 Å². The van der Waals surface area contributed by atoms with Crippen molar-refractivity contribution in [3.05, 3.63) is 114 Å². The van der Waals surface area contributed by atoms with Gasteiger partial charge >= 0.3 is 0 Å². The Bertz CT molecular complexity index is 1380. The Morgan fingerprint density at radius 1 is 1.00 bits per heavy atom. The topological polar surface area (TPSA) is 62.2 Å². The van der Waals surface area contributed by atoms with Gasteiger partial charge in [-0.3, -0.25) is 9.78 Å². The summed E-state index contributed by atoms with van der Waals surface area (Å²) >= 11 is 5.69. The third-order valence-electron chi connectivity index (χ3n) is 6.08. The summed E-state index contributed by atoms with van der Waals surface area (Å²) in [7, 11) is 0. The van der Waals surface area contributed by atoms with Crippen molar-refractivity contribution in [3.8, 4) is 5.69 Å². The number of carbonyl (C=O) groups is 1. The van der Waals surface area contributed by atoms with Crippen molar-refractivity contribution in [1.82, 2.24) is 19.8 Å². The van der Waals surface area contributed by atoms with Crippen LogP contribution in [-0.4, -0.2) is 32.0 Å². The van der Waals surface area contributed by atoms with Gasteiger partial charge in [0.25, 0.3) is 0 Å². The van der Waals surface area contributed by atoms with Gasteiger partial charge in [-0.1, -0.05) is 12.1 Å². The molecule has 2 N–H and O–H groups in total. The number of amides is 1. The first-order valence-electron chi connectivity index (χ1n) is 11.5. The van der Waals surface area contributed by atoms with E-state index < -0.39 is 0 Å². The van der Waals surface area contributed by atoms with E-state index in [1.807, 2.05) is 52.1 Å². The minimum Gasteiger partial charge on any atom is -0.352 e. The van der Waals surface area contributed by atoms with Gasteiger partial charge < -0.3 is 20.1 Å². The van der Waals surface area contributed by atoms with Gasteiger partial charge in [0.1, 0.15) is 11.6 Å². The van der Waals surface area contributed by atoms with Crippen LogP contribution < -0.4 is 10.6 Å². The van der Waals surface area contributed by atoms with E-state index >= 15 is 0 Å². The normalized spacial score (nSPS) is 17.2. The summed E-state index contributed by atoms with van der Waals surface area (Å²) in [5, 5.41) is 6.65. The first-order chi connectivity index (χ1) is 17.5. The number of thiocarbonyl (C=S) groups is 1. The van der Waals surface area contributed by atoms with Gasteiger partial charge in [0.05, 0.1) is 17.8 Å². The maximum atomic E-state index is 14.0. The van der Waals surface area contributed by atoms with Crippen LogP contribution in [0.4, 0.5) is 14.5 Å². The molecule has 1 saturated heterocycles. The van der Waals surface area contributed by atoms with Crippen LogP contribution in [0.5, 0.6) is 0 Å². The second kappa shape index (κ2) is 10.2. The smallest absolute Gasteiger partial charge is 0.226 e. The fraction of sp³-hybridized carbons (Fsp3) is 0.148. The molecule has 0 bridgehead atoms. The van der Waals surface area contributed by atoms with Crippen molar-refractivity contribution < 1.29 is 13.6 Å². The molecule has 0 saturated carbocycles. The molecule has 6 nitrogen and oxygen atoms in total. The van der Waals surface area contributed by atoms with Crippen molar-refractivity contribution >= 4 is 28.9 Å². The van der Waals surface area contributed by atoms with E-state index in [9.17, 15) is 13.6 Å². The summed E-state index contributed by atoms with van der Waals surface area (Å²) in [6.07, 6.45) is 3.76. The first-order valence-corrected chi connectivity index (χ1v) is 11.9. The van der Waals surface area contributed by atoms with Crippen LogP contribution in [0.25, 0.3) is 5.69 Å². The van der Waals surface area contributed by atoms with Crippen LogP contribution in [0.3, 0.4) is 0 Å². The van der Waals surface area contributed by atoms with E-state index in [4.69, 9.17) is 12.2 Å². The number of pyridine rings is 1. The van der Waals surface area contributed by atoms with E-state index in [0.717, 1.165) is 11.4 Å². The number of carbonyl (C=O) groups excluding carboxylic acids is 1. The Morgan fingerprint density at radius 2 is 1.83 bits per heavy atom. The quantitative estimate of drug-likeness (QED) is 0.342. The molecule has 0 unspecified atom stereocenters. The predicted octanol–water partition coefficient (Wildman–Crippen LogP) is 5.15. The minimum absolute atomic E-state index is 0.158. The molecule has 0 radical (unpaired) electrons. The van der Waals surface area contributed by atoms with Crippen LogP contribution in [0.1, 0.15) is 29.9 Å². The number of nitrogens with zero attached hydrogens (tertiary/aromatic N) is 3. The molecule has 9 heteroatoms.